The number of halogens is 3. The summed E-state index contributed by atoms with van der Waals surface area (Å²) in [6.07, 6.45) is 0.237. The average molecular weight is 283 g/mol. The van der Waals surface area contributed by atoms with E-state index in [4.69, 9.17) is 17.4 Å². The fraction of sp³-hybridized carbons (Fsp3) is 0.143. The van der Waals surface area contributed by atoms with Gasteiger partial charge in [0.25, 0.3) is 0 Å². The van der Waals surface area contributed by atoms with Crippen LogP contribution >= 0.6 is 11.6 Å². The second-order valence-corrected chi connectivity index (χ2v) is 4.62. The van der Waals surface area contributed by atoms with Crippen LogP contribution in [0.5, 0.6) is 0 Å². The van der Waals surface area contributed by atoms with Crippen LogP contribution in [0.15, 0.2) is 42.5 Å². The third-order valence-electron chi connectivity index (χ3n) is 2.92. The van der Waals surface area contributed by atoms with Crippen LogP contribution < -0.4 is 11.3 Å². The van der Waals surface area contributed by atoms with Crippen LogP contribution in [0.2, 0.25) is 5.02 Å². The molecule has 19 heavy (non-hydrogen) atoms. The highest BCUT2D eigenvalue weighted by atomic mass is 35.5. The summed E-state index contributed by atoms with van der Waals surface area (Å²) < 4.78 is 27.4. The van der Waals surface area contributed by atoms with Gasteiger partial charge in [0.1, 0.15) is 11.6 Å². The Bertz CT molecular complexity index is 575. The third-order valence-corrected chi connectivity index (χ3v) is 3.15. The molecule has 0 aliphatic heterocycles. The molecule has 0 amide bonds. The molecule has 1 unspecified atom stereocenters. The Balaban J connectivity index is 2.30. The van der Waals surface area contributed by atoms with Crippen LogP contribution in [0.4, 0.5) is 8.78 Å². The topological polar surface area (TPSA) is 38.0 Å². The molecule has 2 aromatic carbocycles. The summed E-state index contributed by atoms with van der Waals surface area (Å²) in [6, 6.07) is 9.99. The number of nitrogens with one attached hydrogen (secondary N) is 1. The molecule has 0 heterocycles. The van der Waals surface area contributed by atoms with E-state index in [0.717, 1.165) is 0 Å². The van der Waals surface area contributed by atoms with E-state index in [1.807, 2.05) is 0 Å². The highest BCUT2D eigenvalue weighted by molar-refractivity contribution is 6.30. The van der Waals surface area contributed by atoms with Crippen molar-refractivity contribution < 1.29 is 8.78 Å². The molecule has 0 aromatic heterocycles. The van der Waals surface area contributed by atoms with Crippen LogP contribution in [0, 0.1) is 11.6 Å². The zero-order chi connectivity index (χ0) is 13.8. The van der Waals surface area contributed by atoms with Crippen molar-refractivity contribution in [3.63, 3.8) is 0 Å². The Labute approximate surface area is 115 Å². The molecule has 3 N–H and O–H groups in total. The summed E-state index contributed by atoms with van der Waals surface area (Å²) in [5.74, 6) is 4.67. The molecule has 0 aliphatic rings. The Morgan fingerprint density at radius 1 is 1.11 bits per heavy atom. The lowest BCUT2D eigenvalue weighted by atomic mass is 9.98. The Morgan fingerprint density at radius 2 is 1.84 bits per heavy atom. The molecule has 5 heteroatoms. The predicted octanol–water partition coefficient (Wildman–Crippen LogP) is 3.37. The zero-order valence-corrected chi connectivity index (χ0v) is 10.8. The number of hydrogen-bond acceptors (Lipinski definition) is 2. The number of hydrogen-bond donors (Lipinski definition) is 2. The van der Waals surface area contributed by atoms with Crippen LogP contribution in [0.1, 0.15) is 17.2 Å². The predicted molar refractivity (Wildman–Crippen MR) is 71.6 cm³/mol. The van der Waals surface area contributed by atoms with E-state index in [9.17, 15) is 8.78 Å². The summed E-state index contributed by atoms with van der Waals surface area (Å²) in [5.41, 5.74) is 3.28. The second kappa shape index (κ2) is 6.10. The number of hydrazine groups is 1. The first-order chi connectivity index (χ1) is 9.11. The lowest BCUT2D eigenvalue weighted by molar-refractivity contribution is 0.499. The van der Waals surface area contributed by atoms with Gasteiger partial charge in [0.05, 0.1) is 6.04 Å². The Morgan fingerprint density at radius 3 is 2.53 bits per heavy atom. The summed E-state index contributed by atoms with van der Waals surface area (Å²) in [4.78, 5) is 0. The molecule has 0 fully saturated rings. The molecule has 0 spiro atoms. The number of rotatable bonds is 4. The maximum absolute atomic E-state index is 13.8. The van der Waals surface area contributed by atoms with Crippen LogP contribution in [-0.4, -0.2) is 0 Å². The van der Waals surface area contributed by atoms with Gasteiger partial charge in [-0.3, -0.25) is 11.3 Å². The minimum absolute atomic E-state index is 0.237. The third kappa shape index (κ3) is 3.29. The van der Waals surface area contributed by atoms with E-state index in [1.54, 1.807) is 18.2 Å². The van der Waals surface area contributed by atoms with Gasteiger partial charge in [0.15, 0.2) is 0 Å². The molecule has 2 aromatic rings. The molecule has 0 bridgehead atoms. The highest BCUT2D eigenvalue weighted by Gasteiger charge is 2.17. The smallest absolute Gasteiger partial charge is 0.128 e. The van der Waals surface area contributed by atoms with E-state index in [2.05, 4.69) is 5.43 Å². The first-order valence-corrected chi connectivity index (χ1v) is 6.14. The molecular formula is C14H13ClF2N2. The van der Waals surface area contributed by atoms with Crippen LogP contribution in [0.25, 0.3) is 0 Å². The number of nitrogens with two attached hydrogens (primary N) is 1. The standard InChI is InChI=1S/C14H13ClF2N2/c15-10-5-6-13(17)11(8-10)14(19-18)7-9-3-1-2-4-12(9)16/h1-6,8,14,19H,7,18H2. The van der Waals surface area contributed by atoms with Crippen molar-refractivity contribution in [2.75, 3.05) is 0 Å². The van der Waals surface area contributed by atoms with Gasteiger partial charge in [-0.15, -0.1) is 0 Å². The Hall–Kier alpha value is -1.49. The van der Waals surface area contributed by atoms with Crippen LogP contribution in [0.3, 0.4) is 0 Å². The lowest BCUT2D eigenvalue weighted by Gasteiger charge is -2.17. The quantitative estimate of drug-likeness (QED) is 0.666. The summed E-state index contributed by atoms with van der Waals surface area (Å²) >= 11 is 5.84. The zero-order valence-electron chi connectivity index (χ0n) is 10.0. The fourth-order valence-electron chi connectivity index (χ4n) is 1.92. The minimum Gasteiger partial charge on any atom is -0.271 e. The van der Waals surface area contributed by atoms with Crippen molar-refractivity contribution in [3.05, 3.63) is 70.2 Å². The van der Waals surface area contributed by atoms with Gasteiger partial charge in [-0.25, -0.2) is 8.78 Å². The summed E-state index contributed by atoms with van der Waals surface area (Å²) in [5, 5.41) is 0.408. The van der Waals surface area contributed by atoms with E-state index in [1.165, 1.54) is 24.3 Å². The van der Waals surface area contributed by atoms with E-state index < -0.39 is 11.9 Å². The molecular weight excluding hydrogens is 270 g/mol. The second-order valence-electron chi connectivity index (χ2n) is 4.18. The highest BCUT2D eigenvalue weighted by Crippen LogP contribution is 2.24. The maximum Gasteiger partial charge on any atom is 0.128 e. The van der Waals surface area contributed by atoms with Crippen molar-refractivity contribution in [2.24, 2.45) is 5.84 Å². The molecule has 1 atom stereocenters. The molecule has 0 saturated carbocycles. The van der Waals surface area contributed by atoms with Gasteiger partial charge < -0.3 is 0 Å². The van der Waals surface area contributed by atoms with Crippen molar-refractivity contribution in [2.45, 2.75) is 12.5 Å². The van der Waals surface area contributed by atoms with Crippen molar-refractivity contribution >= 4 is 11.6 Å². The van der Waals surface area contributed by atoms with E-state index >= 15 is 0 Å². The van der Waals surface area contributed by atoms with Crippen molar-refractivity contribution in [1.82, 2.24) is 5.43 Å². The van der Waals surface area contributed by atoms with Gasteiger partial charge in [-0.1, -0.05) is 29.8 Å². The van der Waals surface area contributed by atoms with Gasteiger partial charge in [0, 0.05) is 10.6 Å². The SMILES string of the molecule is NNC(Cc1ccccc1F)c1cc(Cl)ccc1F. The maximum atomic E-state index is 13.8. The largest absolute Gasteiger partial charge is 0.271 e. The number of benzene rings is 2. The fourth-order valence-corrected chi connectivity index (χ4v) is 2.10. The molecule has 0 aliphatic carbocycles. The summed E-state index contributed by atoms with van der Waals surface area (Å²) in [6.45, 7) is 0. The molecule has 100 valence electrons. The van der Waals surface area contributed by atoms with Gasteiger partial charge >= 0.3 is 0 Å². The van der Waals surface area contributed by atoms with Gasteiger partial charge in [0.2, 0.25) is 0 Å². The minimum atomic E-state index is -0.546. The van der Waals surface area contributed by atoms with Crippen LogP contribution in [-0.2, 0) is 6.42 Å². The molecule has 0 radical (unpaired) electrons. The first kappa shape index (κ1) is 13.9. The van der Waals surface area contributed by atoms with Gasteiger partial charge in [-0.05, 0) is 36.2 Å². The van der Waals surface area contributed by atoms with Crippen molar-refractivity contribution in [3.8, 4) is 0 Å². The molecule has 2 nitrogen and oxygen atoms in total. The molecule has 2 rings (SSSR count). The Kier molecular flexibility index (Phi) is 4.47. The van der Waals surface area contributed by atoms with E-state index in [0.29, 0.717) is 16.1 Å². The molecule has 0 saturated heterocycles. The monoisotopic (exact) mass is 282 g/mol. The van der Waals surface area contributed by atoms with E-state index in [-0.39, 0.29) is 12.2 Å². The lowest BCUT2D eigenvalue weighted by Crippen LogP contribution is -2.30. The van der Waals surface area contributed by atoms with Gasteiger partial charge in [-0.2, -0.15) is 0 Å². The average Bonchev–Trinajstić information content (AvgIpc) is 2.41. The first-order valence-electron chi connectivity index (χ1n) is 5.76. The summed E-state index contributed by atoms with van der Waals surface area (Å²) in [7, 11) is 0. The van der Waals surface area contributed by atoms with Crippen molar-refractivity contribution in [1.29, 1.82) is 0 Å². The normalized spacial score (nSPS) is 12.4.